The summed E-state index contributed by atoms with van der Waals surface area (Å²) in [4.78, 5) is 39.1. The van der Waals surface area contributed by atoms with Gasteiger partial charge in [0.1, 0.15) is 19.8 Å². The molecule has 0 fully saturated rings. The van der Waals surface area contributed by atoms with Crippen LogP contribution in [0.2, 0.25) is 0 Å². The molecule has 0 bridgehead atoms. The number of hydrogen-bond acceptors (Lipinski definition) is 8. The van der Waals surface area contributed by atoms with Crippen molar-refractivity contribution < 1.29 is 84.5 Å². The first kappa shape index (κ1) is 19.4. The van der Waals surface area contributed by atoms with Gasteiger partial charge in [-0.1, -0.05) is 180 Å². The third-order valence-corrected chi connectivity index (χ3v) is 7.99. The Labute approximate surface area is 364 Å². The van der Waals surface area contributed by atoms with Crippen LogP contribution in [-0.2, 0) is 32.7 Å². The monoisotopic (exact) mass is 793 g/mol. The molecule has 0 N–H and O–H groups in total. The summed E-state index contributed by atoms with van der Waals surface area (Å²) < 4.78 is 287. The van der Waals surface area contributed by atoms with Crippen molar-refractivity contribution in [1.82, 2.24) is 0 Å². The van der Waals surface area contributed by atoms with E-state index in [1.54, 1.807) is 21.1 Å². The van der Waals surface area contributed by atoms with E-state index < -0.39 is 142 Å². The smallest absolute Gasteiger partial charge is 0.306 e. The first-order chi connectivity index (χ1) is 36.7. The highest BCUT2D eigenvalue weighted by Crippen LogP contribution is 2.38. The molecular weight excluding hydrogens is 677 g/mol. The number of likely N-dealkylation sites (N-methyl/N-ethyl adjacent to an activating group) is 1. The number of phosphoric ester groups is 1. The second kappa shape index (κ2) is 35.7. The van der Waals surface area contributed by atoms with Crippen LogP contribution >= 0.6 is 7.82 Å². The number of esters is 2. The van der Waals surface area contributed by atoms with E-state index in [-0.39, 0.29) is 23.9 Å². The third-order valence-electron chi connectivity index (χ3n) is 7.03. The van der Waals surface area contributed by atoms with E-state index in [0.29, 0.717) is 6.42 Å². The Bertz CT molecular complexity index is 2120. The summed E-state index contributed by atoms with van der Waals surface area (Å²) >= 11 is 0. The second-order valence-electron chi connectivity index (χ2n) is 12.8. The average molecular weight is 793 g/mol. The molecule has 0 aliphatic rings. The summed E-state index contributed by atoms with van der Waals surface area (Å²) in [6, 6.07) is 0. The first-order valence-electron chi connectivity index (χ1n) is 33.4. The summed E-state index contributed by atoms with van der Waals surface area (Å²) in [5.74, 6) is -3.51. The fraction of sp³-hybridized carbons (Fsp3) is 0.952. The molecule has 0 rings (SSSR count). The second-order valence-corrected chi connectivity index (χ2v) is 14.2. The topological polar surface area (TPSA) is 111 Å². The Morgan fingerprint density at radius 3 is 1.60 bits per heavy atom. The van der Waals surface area contributed by atoms with Crippen molar-refractivity contribution in [1.29, 1.82) is 0 Å². The molecule has 9 nitrogen and oxygen atoms in total. The molecule has 0 heterocycles. The zero-order valence-corrected chi connectivity index (χ0v) is 32.3. The lowest BCUT2D eigenvalue weighted by atomic mass is 10.0. The van der Waals surface area contributed by atoms with Gasteiger partial charge in [-0.05, 0) is 12.8 Å². The van der Waals surface area contributed by atoms with Gasteiger partial charge in [-0.15, -0.1) is 0 Å². The quantitative estimate of drug-likeness (QED) is 0.0261. The number of ether oxygens (including phenoxy) is 2. The number of rotatable bonds is 40. The molecular formula is C42H84NO8P. The number of unbranched alkanes of at least 4 members (excludes halogenated alkanes) is 14. The van der Waals surface area contributed by atoms with Gasteiger partial charge >= 0.3 is 11.9 Å². The summed E-state index contributed by atoms with van der Waals surface area (Å²) in [5, 5.41) is 0. The van der Waals surface area contributed by atoms with Gasteiger partial charge in [0.05, 0.1) is 27.7 Å². The predicted molar refractivity (Wildman–Crippen MR) is 213 cm³/mol. The van der Waals surface area contributed by atoms with Gasteiger partial charge in [-0.2, -0.15) is 0 Å². The fourth-order valence-corrected chi connectivity index (χ4v) is 5.00. The lowest BCUT2D eigenvalue weighted by Gasteiger charge is -2.28. The number of hydrogen-bond donors (Lipinski definition) is 0. The minimum absolute atomic E-state index is 0.142. The highest BCUT2D eigenvalue weighted by atomic mass is 31.2. The van der Waals surface area contributed by atoms with E-state index in [1.165, 1.54) is 44.9 Å². The van der Waals surface area contributed by atoms with Crippen LogP contribution in [0.1, 0.15) is 248 Å². The van der Waals surface area contributed by atoms with Crippen LogP contribution in [0.5, 0.6) is 0 Å². The minimum atomic E-state index is -5.24. The Morgan fingerprint density at radius 1 is 0.654 bits per heavy atom. The van der Waals surface area contributed by atoms with Gasteiger partial charge in [0.25, 0.3) is 7.82 Å². The molecule has 0 saturated carbocycles. The van der Waals surface area contributed by atoms with E-state index in [9.17, 15) is 19.0 Å². The van der Waals surface area contributed by atoms with Gasteiger partial charge < -0.3 is 27.9 Å². The molecule has 1 unspecified atom stereocenters. The highest BCUT2D eigenvalue weighted by Gasteiger charge is 2.21. The molecule has 0 spiro atoms. The number of carbonyl (C=O) groups excluding carboxylic acids is 2. The zero-order valence-electron chi connectivity index (χ0n) is 62.4. The molecule has 2 atom stereocenters. The Kier molecular flexibility index (Phi) is 13.3. The van der Waals surface area contributed by atoms with Crippen LogP contribution in [0.15, 0.2) is 0 Å². The summed E-state index contributed by atoms with van der Waals surface area (Å²) in [5.41, 5.74) is 0. The van der Waals surface area contributed by atoms with Crippen LogP contribution < -0.4 is 4.89 Å². The maximum absolute atomic E-state index is 13.5. The van der Waals surface area contributed by atoms with E-state index in [2.05, 4.69) is 6.92 Å². The Balaban J connectivity index is 6.80. The number of quaternary nitrogens is 1. The standard InChI is InChI=1S/C42H84NO8P/c1-6-8-10-12-14-16-18-20-21-23-25-27-29-31-33-35-42(45)51-40(39-50-52(46,47)49-37-36-43(3,4)5)38-48-41(44)34-32-30-28-26-24-22-19-17-15-13-11-9-7-2/h40H,6-39H2,1-5H3/t40-/m1/s1/i2D3,7D2,9D2,11D2,13D2,15D2,17D2,19D2,22D2,24D2,26D2,28D2,30D2,32D2,34D2. The molecule has 52 heavy (non-hydrogen) atoms. The van der Waals surface area contributed by atoms with Gasteiger partial charge in [0.15, 0.2) is 6.10 Å². The van der Waals surface area contributed by atoms with E-state index in [0.717, 1.165) is 38.5 Å². The molecule has 310 valence electrons. The molecule has 0 aromatic rings. The van der Waals surface area contributed by atoms with Crippen LogP contribution in [-0.4, -0.2) is 70.0 Å². The Morgan fingerprint density at radius 2 is 1.12 bits per heavy atom. The zero-order chi connectivity index (χ0) is 66.2. The summed E-state index contributed by atoms with van der Waals surface area (Å²) in [7, 11) is -0.111. The van der Waals surface area contributed by atoms with Gasteiger partial charge in [0.2, 0.25) is 0 Å². The lowest BCUT2D eigenvalue weighted by molar-refractivity contribution is -0.870. The van der Waals surface area contributed by atoms with Gasteiger partial charge in [0, 0.05) is 55.3 Å². The van der Waals surface area contributed by atoms with E-state index in [1.807, 2.05) is 0 Å². The number of carbonyl (C=O) groups is 2. The van der Waals surface area contributed by atoms with Crippen molar-refractivity contribution in [2.75, 3.05) is 47.5 Å². The third kappa shape index (κ3) is 38.7. The van der Waals surface area contributed by atoms with Crippen LogP contribution in [0.25, 0.3) is 0 Å². The van der Waals surface area contributed by atoms with Crippen LogP contribution in [0, 0.1) is 0 Å². The Hall–Kier alpha value is -0.990. The van der Waals surface area contributed by atoms with Crippen molar-refractivity contribution in [3.8, 4) is 0 Å². The molecule has 0 aliphatic heterocycles. The highest BCUT2D eigenvalue weighted by molar-refractivity contribution is 7.45. The first-order valence-corrected chi connectivity index (χ1v) is 19.4. The molecule has 0 aliphatic carbocycles. The largest absolute Gasteiger partial charge is 0.756 e. The van der Waals surface area contributed by atoms with Crippen molar-refractivity contribution in [3.05, 3.63) is 0 Å². The molecule has 0 amide bonds. The van der Waals surface area contributed by atoms with Gasteiger partial charge in [-0.25, -0.2) is 0 Å². The maximum Gasteiger partial charge on any atom is 0.306 e. The minimum Gasteiger partial charge on any atom is -0.756 e. The number of phosphoric acid groups is 1. The summed E-state index contributed by atoms with van der Waals surface area (Å²) in [6.07, 6.45) is -56.9. The van der Waals surface area contributed by atoms with Crippen molar-refractivity contribution >= 4 is 19.8 Å². The molecule has 0 saturated heterocycles. The molecule has 0 aromatic carbocycles. The number of nitrogens with zero attached hydrogens (tertiary/aromatic N) is 1. The normalized spacial score (nSPS) is 26.5. The fourth-order valence-electron chi connectivity index (χ4n) is 4.27. The average Bonchev–Trinajstić information content (AvgIpc) is 3.31. The maximum atomic E-state index is 13.5. The molecule has 0 aromatic heterocycles. The summed E-state index contributed by atoms with van der Waals surface area (Å²) in [6.45, 7) is -4.82. The van der Waals surface area contributed by atoms with Crippen LogP contribution in [0.3, 0.4) is 0 Å². The van der Waals surface area contributed by atoms with E-state index in [4.69, 9.17) is 61.0 Å². The van der Waals surface area contributed by atoms with Crippen molar-refractivity contribution in [2.24, 2.45) is 0 Å². The van der Waals surface area contributed by atoms with Crippen molar-refractivity contribution in [2.45, 2.75) is 212 Å². The van der Waals surface area contributed by atoms with Crippen molar-refractivity contribution in [3.63, 3.8) is 0 Å². The predicted octanol–water partition coefficient (Wildman–Crippen LogP) is 11.4. The van der Waals surface area contributed by atoms with Gasteiger partial charge in [-0.3, -0.25) is 14.2 Å². The molecule has 10 heteroatoms. The lowest BCUT2D eigenvalue weighted by Crippen LogP contribution is -2.37. The van der Waals surface area contributed by atoms with E-state index >= 15 is 0 Å². The molecule has 0 radical (unpaired) electrons. The SMILES string of the molecule is [2H]C([2H])([2H])C([2H])([2H])C([2H])([2H])C([2H])([2H])C([2H])([2H])C([2H])([2H])C([2H])([2H])C([2H])([2H])C([2H])([2H])C([2H])([2H])C([2H])([2H])C([2H])([2H])C([2H])([2H])C([2H])([2H])C([2H])([2H])C(=O)OC[C@H](COP(=O)([O-])OCC[N+](C)(C)C)OC(=O)CCCCCCCCCCCCCCCCC. The van der Waals surface area contributed by atoms with Crippen LogP contribution in [0.4, 0.5) is 0 Å².